The quantitative estimate of drug-likeness (QED) is 0.135. The van der Waals surface area contributed by atoms with Crippen molar-refractivity contribution in [3.05, 3.63) is 294 Å². The molecule has 0 saturated carbocycles. The van der Waals surface area contributed by atoms with Crippen LogP contribution < -0.4 is 28.4 Å². The van der Waals surface area contributed by atoms with Gasteiger partial charge >= 0.3 is 0 Å². The highest BCUT2D eigenvalue weighted by Gasteiger charge is 2.28. The van der Waals surface area contributed by atoms with E-state index in [2.05, 4.69) is 104 Å². The summed E-state index contributed by atoms with van der Waals surface area (Å²) < 4.78 is 77.9. The highest BCUT2D eigenvalue weighted by Crippen LogP contribution is 2.42. The molecule has 0 aliphatic carbocycles. The fourth-order valence-electron chi connectivity index (χ4n) is 12.3. The van der Waals surface area contributed by atoms with Gasteiger partial charge in [-0.05, 0) is 281 Å². The van der Waals surface area contributed by atoms with Gasteiger partial charge in [-0.1, -0.05) is 93.4 Å². The van der Waals surface area contributed by atoms with Crippen LogP contribution in [0.25, 0.3) is 0 Å². The lowest BCUT2D eigenvalue weighted by atomic mass is 9.93. The molecule has 0 spiro atoms. The Morgan fingerprint density at radius 1 is 0.442 bits per heavy atom. The van der Waals surface area contributed by atoms with E-state index in [1.165, 1.54) is 52.1 Å². The molecule has 5 unspecified atom stereocenters. The second-order valence-corrected chi connectivity index (χ2v) is 26.2. The van der Waals surface area contributed by atoms with Gasteiger partial charge in [0.05, 0.1) is 6.10 Å². The van der Waals surface area contributed by atoms with Crippen LogP contribution in [0.3, 0.4) is 0 Å². The van der Waals surface area contributed by atoms with E-state index >= 15 is 0 Å². The van der Waals surface area contributed by atoms with Crippen LogP contribution in [-0.4, -0.2) is 26.4 Å². The van der Waals surface area contributed by atoms with Crippen LogP contribution in [0.15, 0.2) is 209 Å². The molecule has 5 aliphatic rings. The molecule has 15 heteroatoms. The minimum atomic E-state index is -0.493. The smallest absolute Gasteiger partial charge is 0.130 e. The van der Waals surface area contributed by atoms with Gasteiger partial charge in [-0.25, -0.2) is 13.2 Å². The largest absolute Gasteiger partial charge is 0.508 e. The van der Waals surface area contributed by atoms with E-state index in [1.807, 2.05) is 75.5 Å². The van der Waals surface area contributed by atoms with Gasteiger partial charge in [0.25, 0.3) is 0 Å². The standard InChI is InChI=1S/C18H19BrO2.C17H17BrO.C15H12F2O2.C15H13FO2.C15H15NO2/c1-12(2)20-16-5-3-4-13(11-16)17-8-6-14-10-15(19)7-9-18(14)21-17;1-2-12-5-3-4-6-15(12)17-9-7-13-11-14(18)8-10-16(13)19-17;16-10-2-4-13(17)12(8-10)15-5-1-9-7-11(18)3-6-14(9)19-15;16-12-3-1-2-10(8-12)14-6-4-11-9-13(17)5-7-15(11)18-14;1-10-2-3-12(9-16-10)15-6-4-11-8-13(17)5-7-14(11)18-15/h3-5,7,9-12,17H,6,8H2,1-2H3;3-6,8,10-11,17H,2,7,9H2,1H3;2-4,6-8,15,18H,1,5H2;1-3,5,7-9,14,17H,4,6H2;2-3,5,7-9,15,17H,4,6H2,1H3. The number of phenols is 3. The van der Waals surface area contributed by atoms with Gasteiger partial charge in [-0.2, -0.15) is 0 Å². The molecular weight excluding hydrogens is 1340 g/mol. The number of aryl methyl sites for hydroxylation is 7. The van der Waals surface area contributed by atoms with E-state index in [0.717, 1.165) is 141 Å². The lowest BCUT2D eigenvalue weighted by Crippen LogP contribution is -2.16. The SMILES string of the molecule is CC(C)Oc1cccc(C2CCc3cc(Br)ccc3O2)c1.CCc1ccccc1C1CCc2cc(Br)ccc2O1.Cc1ccc(C2CCc3cc(O)ccc3O2)cn1.Oc1ccc2c(c1)CCC(c1cc(F)ccc1F)O2.Oc1ccc2c(c1)CCC(c1cccc(F)c1)O2. The van der Waals surface area contributed by atoms with Crippen LogP contribution in [0, 0.1) is 24.4 Å². The number of aromatic hydroxyl groups is 3. The van der Waals surface area contributed by atoms with Gasteiger partial charge in [-0.3, -0.25) is 4.98 Å². The maximum Gasteiger partial charge on any atom is 0.130 e. The molecule has 95 heavy (non-hydrogen) atoms. The van der Waals surface area contributed by atoms with Gasteiger partial charge < -0.3 is 43.7 Å². The van der Waals surface area contributed by atoms with Crippen LogP contribution in [0.4, 0.5) is 13.2 Å². The third-order valence-corrected chi connectivity index (χ3v) is 18.1. The van der Waals surface area contributed by atoms with Crippen LogP contribution in [0.2, 0.25) is 0 Å². The molecule has 0 bridgehead atoms. The number of phenolic OH excluding ortho intramolecular Hbond substituents is 3. The van der Waals surface area contributed by atoms with Crippen molar-refractivity contribution < 1.29 is 56.9 Å². The maximum atomic E-state index is 13.7. The minimum absolute atomic E-state index is 0.0649. The number of fused-ring (bicyclic) bond motifs is 5. The Bertz CT molecular complexity index is 4260. The summed E-state index contributed by atoms with van der Waals surface area (Å²) in [4.78, 5) is 4.30. The van der Waals surface area contributed by atoms with Gasteiger partial charge in [0.1, 0.15) is 99.7 Å². The predicted octanol–water partition coefficient (Wildman–Crippen LogP) is 20.9. The number of halogens is 5. The first-order valence-corrected chi connectivity index (χ1v) is 33.9. The molecule has 5 atom stereocenters. The van der Waals surface area contributed by atoms with Crippen molar-refractivity contribution in [1.29, 1.82) is 0 Å². The molecular formula is C80H76Br2F3NO9. The van der Waals surface area contributed by atoms with Gasteiger partial charge in [0, 0.05) is 32.0 Å². The summed E-state index contributed by atoms with van der Waals surface area (Å²) in [7, 11) is 0. The first-order chi connectivity index (χ1) is 46.0. The zero-order chi connectivity index (χ0) is 66.5. The van der Waals surface area contributed by atoms with Gasteiger partial charge in [0.15, 0.2) is 0 Å². The third kappa shape index (κ3) is 17.9. The molecule has 0 radical (unpaired) electrons. The second-order valence-electron chi connectivity index (χ2n) is 24.4. The third-order valence-electron chi connectivity index (χ3n) is 17.1. The summed E-state index contributed by atoms with van der Waals surface area (Å²) in [5.41, 5.74) is 12.7. The van der Waals surface area contributed by atoms with Gasteiger partial charge in [-0.15, -0.1) is 0 Å². The molecule has 490 valence electrons. The van der Waals surface area contributed by atoms with Gasteiger partial charge in [0.2, 0.25) is 0 Å². The number of ether oxygens (including phenoxy) is 6. The molecule has 0 fully saturated rings. The Morgan fingerprint density at radius 3 is 1.38 bits per heavy atom. The summed E-state index contributed by atoms with van der Waals surface area (Å²) in [6.45, 7) is 8.26. The highest BCUT2D eigenvalue weighted by molar-refractivity contribution is 9.10. The number of rotatable bonds is 8. The van der Waals surface area contributed by atoms with E-state index in [-0.39, 0.29) is 53.4 Å². The summed E-state index contributed by atoms with van der Waals surface area (Å²) in [6.07, 6.45) is 11.7. The molecule has 10 aromatic rings. The zero-order valence-electron chi connectivity index (χ0n) is 53.4. The van der Waals surface area contributed by atoms with Crippen molar-refractivity contribution in [3.8, 4) is 51.7 Å². The zero-order valence-corrected chi connectivity index (χ0v) is 56.6. The van der Waals surface area contributed by atoms with E-state index in [1.54, 1.807) is 48.5 Å². The Hall–Kier alpha value is -8.92. The van der Waals surface area contributed by atoms with Crippen LogP contribution in [0.5, 0.6) is 51.7 Å². The minimum Gasteiger partial charge on any atom is -0.508 e. The van der Waals surface area contributed by atoms with Crippen LogP contribution in [-0.2, 0) is 38.5 Å². The van der Waals surface area contributed by atoms with Crippen LogP contribution in [0.1, 0.15) is 150 Å². The molecule has 0 saturated heterocycles. The molecule has 1 aromatic heterocycles. The number of pyridine rings is 1. The summed E-state index contributed by atoms with van der Waals surface area (Å²) in [6, 6.07) is 58.5. The molecule has 15 rings (SSSR count). The maximum absolute atomic E-state index is 13.7. The molecule has 9 aromatic carbocycles. The number of aromatic nitrogens is 1. The number of hydrogen-bond donors (Lipinski definition) is 3. The summed E-state index contributed by atoms with van der Waals surface area (Å²) in [5, 5.41) is 28.2. The van der Waals surface area contributed by atoms with Crippen molar-refractivity contribution in [1.82, 2.24) is 4.98 Å². The summed E-state index contributed by atoms with van der Waals surface area (Å²) in [5.74, 6) is 4.73. The number of nitrogens with zero attached hydrogens (tertiary/aromatic N) is 1. The van der Waals surface area contributed by atoms with E-state index in [0.29, 0.717) is 24.3 Å². The van der Waals surface area contributed by atoms with Crippen molar-refractivity contribution >= 4 is 31.9 Å². The topological polar surface area (TPSA) is 129 Å². The Kier molecular flexibility index (Phi) is 22.4. The molecule has 5 aliphatic heterocycles. The molecule has 6 heterocycles. The fourth-order valence-corrected chi connectivity index (χ4v) is 13.2. The monoisotopic (exact) mass is 1410 g/mol. The average Bonchev–Trinajstić information content (AvgIpc) is 1.18. The first-order valence-electron chi connectivity index (χ1n) is 32.3. The number of benzene rings is 9. The highest BCUT2D eigenvalue weighted by atomic mass is 79.9. The Balaban J connectivity index is 0.000000121. The average molecular weight is 1410 g/mol. The number of hydrogen-bond acceptors (Lipinski definition) is 10. The Morgan fingerprint density at radius 2 is 0.884 bits per heavy atom. The second kappa shape index (κ2) is 31.5. The van der Waals surface area contributed by atoms with Crippen molar-refractivity contribution in [2.75, 3.05) is 0 Å². The molecule has 10 nitrogen and oxygen atoms in total. The lowest BCUT2D eigenvalue weighted by Gasteiger charge is -2.28. The predicted molar refractivity (Wildman–Crippen MR) is 371 cm³/mol. The molecule has 0 amide bonds. The summed E-state index contributed by atoms with van der Waals surface area (Å²) >= 11 is 7.03. The Labute approximate surface area is 570 Å². The van der Waals surface area contributed by atoms with Crippen LogP contribution >= 0.6 is 31.9 Å². The van der Waals surface area contributed by atoms with E-state index < -0.39 is 17.7 Å². The normalized spacial score (nSPS) is 17.7. The van der Waals surface area contributed by atoms with E-state index in [4.69, 9.17) is 28.4 Å². The van der Waals surface area contributed by atoms with Crippen molar-refractivity contribution in [2.24, 2.45) is 0 Å². The lowest BCUT2D eigenvalue weighted by molar-refractivity contribution is 0.171. The van der Waals surface area contributed by atoms with Crippen molar-refractivity contribution in [3.63, 3.8) is 0 Å². The first kappa shape index (κ1) is 67.5. The fraction of sp³-hybridized carbons (Fsp3) is 0.263. The molecule has 3 N–H and O–H groups in total. The van der Waals surface area contributed by atoms with E-state index in [9.17, 15) is 28.5 Å². The van der Waals surface area contributed by atoms with Crippen molar-refractivity contribution in [2.45, 2.75) is 135 Å².